The molecule has 0 spiro atoms. The van der Waals surface area contributed by atoms with E-state index < -0.39 is 0 Å². The molecule has 0 amide bonds. The van der Waals surface area contributed by atoms with Gasteiger partial charge in [-0.05, 0) is 44.1 Å². The first-order valence-electron chi connectivity index (χ1n) is 7.83. The Morgan fingerprint density at radius 2 is 1.58 bits per heavy atom. The Morgan fingerprint density at radius 1 is 1.00 bits per heavy atom. The fraction of sp³-hybridized carbons (Fsp3) is 0.647. The quantitative estimate of drug-likeness (QED) is 0.882. The van der Waals surface area contributed by atoms with E-state index in [1.54, 1.807) is 0 Å². The van der Waals surface area contributed by atoms with Crippen molar-refractivity contribution in [3.63, 3.8) is 0 Å². The van der Waals surface area contributed by atoms with Crippen LogP contribution < -0.4 is 5.32 Å². The van der Waals surface area contributed by atoms with Gasteiger partial charge in [0.05, 0.1) is 0 Å². The average molecular weight is 264 g/mol. The van der Waals surface area contributed by atoms with Crippen LogP contribution in [0, 0.1) is 0 Å². The number of hydrogen-bond donors (Lipinski definition) is 1. The molecule has 19 heavy (non-hydrogen) atoms. The predicted molar refractivity (Wildman–Crippen MR) is 86.4 cm³/mol. The molecule has 0 aromatic heterocycles. The fourth-order valence-electron chi connectivity index (χ4n) is 2.24. The monoisotopic (exact) mass is 264 g/mol. The van der Waals surface area contributed by atoms with E-state index >= 15 is 0 Å². The topological polar surface area (TPSA) is 15.3 Å². The standard InChI is InChI=1S/C13H20N2.2C2H6/c1-14-10-12-5-4-6-13(9-12)11-15-7-2-3-8-15;2*1-2/h4-6,9,14H,2-3,7-8,10-11H2,1H3;2*1-2H3. The van der Waals surface area contributed by atoms with E-state index in [-0.39, 0.29) is 0 Å². The Kier molecular flexibility index (Phi) is 11.6. The van der Waals surface area contributed by atoms with E-state index in [0.29, 0.717) is 0 Å². The van der Waals surface area contributed by atoms with Crippen LogP contribution in [0.15, 0.2) is 24.3 Å². The van der Waals surface area contributed by atoms with Crippen LogP contribution in [0.5, 0.6) is 0 Å². The summed E-state index contributed by atoms with van der Waals surface area (Å²) < 4.78 is 0. The highest BCUT2D eigenvalue weighted by Crippen LogP contribution is 2.13. The van der Waals surface area contributed by atoms with E-state index in [9.17, 15) is 0 Å². The molecule has 2 heteroatoms. The summed E-state index contributed by atoms with van der Waals surface area (Å²) in [5, 5.41) is 3.19. The summed E-state index contributed by atoms with van der Waals surface area (Å²) in [5.74, 6) is 0. The molecular weight excluding hydrogens is 232 g/mol. The Bertz CT molecular complexity index is 304. The maximum absolute atomic E-state index is 3.19. The van der Waals surface area contributed by atoms with Crippen molar-refractivity contribution in [2.24, 2.45) is 0 Å². The van der Waals surface area contributed by atoms with Gasteiger partial charge in [0.25, 0.3) is 0 Å². The largest absolute Gasteiger partial charge is 0.316 e. The number of hydrogen-bond acceptors (Lipinski definition) is 2. The molecule has 0 radical (unpaired) electrons. The van der Waals surface area contributed by atoms with Gasteiger partial charge in [-0.1, -0.05) is 52.0 Å². The first kappa shape index (κ1) is 18.1. The maximum Gasteiger partial charge on any atom is 0.0233 e. The highest BCUT2D eigenvalue weighted by molar-refractivity contribution is 5.23. The van der Waals surface area contributed by atoms with E-state index in [1.807, 2.05) is 34.7 Å². The summed E-state index contributed by atoms with van der Waals surface area (Å²) in [6.45, 7) is 12.6. The smallest absolute Gasteiger partial charge is 0.0233 e. The number of benzene rings is 1. The van der Waals surface area contributed by atoms with Crippen LogP contribution in [0.2, 0.25) is 0 Å². The second-order valence-electron chi connectivity index (χ2n) is 4.33. The van der Waals surface area contributed by atoms with Crippen LogP contribution in [-0.2, 0) is 13.1 Å². The summed E-state index contributed by atoms with van der Waals surface area (Å²) in [6.07, 6.45) is 2.74. The SMILES string of the molecule is CC.CC.CNCc1cccc(CN2CCCC2)c1. The van der Waals surface area contributed by atoms with Crippen molar-refractivity contribution < 1.29 is 0 Å². The molecule has 0 unspecified atom stereocenters. The molecule has 2 nitrogen and oxygen atoms in total. The first-order valence-corrected chi connectivity index (χ1v) is 7.83. The van der Waals surface area contributed by atoms with Crippen LogP contribution in [0.25, 0.3) is 0 Å². The summed E-state index contributed by atoms with van der Waals surface area (Å²) in [6, 6.07) is 8.90. The van der Waals surface area contributed by atoms with Crippen molar-refractivity contribution in [2.75, 3.05) is 20.1 Å². The molecule has 1 aromatic carbocycles. The zero-order valence-electron chi connectivity index (χ0n) is 13.5. The summed E-state index contributed by atoms with van der Waals surface area (Å²) in [4.78, 5) is 2.54. The van der Waals surface area contributed by atoms with Crippen molar-refractivity contribution >= 4 is 0 Å². The van der Waals surface area contributed by atoms with Crippen LogP contribution in [0.4, 0.5) is 0 Å². The molecule has 1 heterocycles. The first-order chi connectivity index (χ1) is 9.38. The van der Waals surface area contributed by atoms with Gasteiger partial charge in [-0.15, -0.1) is 0 Å². The van der Waals surface area contributed by atoms with E-state index in [1.165, 1.54) is 37.1 Å². The Morgan fingerprint density at radius 3 is 2.16 bits per heavy atom. The maximum atomic E-state index is 3.19. The highest BCUT2D eigenvalue weighted by atomic mass is 15.1. The number of nitrogens with one attached hydrogen (secondary N) is 1. The van der Waals surface area contributed by atoms with E-state index in [4.69, 9.17) is 0 Å². The lowest BCUT2D eigenvalue weighted by Gasteiger charge is -2.15. The summed E-state index contributed by atoms with van der Waals surface area (Å²) in [7, 11) is 1.99. The van der Waals surface area contributed by atoms with Crippen molar-refractivity contribution in [2.45, 2.75) is 53.6 Å². The van der Waals surface area contributed by atoms with Crippen molar-refractivity contribution in [1.82, 2.24) is 10.2 Å². The fourth-order valence-corrected chi connectivity index (χ4v) is 2.24. The minimum atomic E-state index is 0.966. The Labute approximate surface area is 120 Å². The number of likely N-dealkylation sites (tertiary alicyclic amines) is 1. The van der Waals surface area contributed by atoms with Crippen molar-refractivity contribution in [1.29, 1.82) is 0 Å². The second kappa shape index (κ2) is 12.2. The summed E-state index contributed by atoms with van der Waals surface area (Å²) >= 11 is 0. The van der Waals surface area contributed by atoms with Gasteiger partial charge in [0.15, 0.2) is 0 Å². The molecule has 1 saturated heterocycles. The van der Waals surface area contributed by atoms with E-state index in [0.717, 1.165) is 13.1 Å². The number of rotatable bonds is 4. The van der Waals surface area contributed by atoms with Crippen LogP contribution >= 0.6 is 0 Å². The molecule has 1 aliphatic heterocycles. The lowest BCUT2D eigenvalue weighted by Crippen LogP contribution is -2.18. The van der Waals surface area contributed by atoms with Crippen LogP contribution in [-0.4, -0.2) is 25.0 Å². The van der Waals surface area contributed by atoms with Gasteiger partial charge in [0, 0.05) is 13.1 Å². The molecular formula is C17H32N2. The second-order valence-corrected chi connectivity index (χ2v) is 4.33. The normalized spacial score (nSPS) is 14.2. The summed E-state index contributed by atoms with van der Waals surface area (Å²) in [5.41, 5.74) is 2.83. The molecule has 1 aliphatic rings. The number of nitrogens with zero attached hydrogens (tertiary/aromatic N) is 1. The van der Waals surface area contributed by atoms with Gasteiger partial charge in [0.2, 0.25) is 0 Å². The van der Waals surface area contributed by atoms with Gasteiger partial charge in [-0.2, -0.15) is 0 Å². The third-order valence-electron chi connectivity index (χ3n) is 2.98. The molecule has 0 atom stereocenters. The highest BCUT2D eigenvalue weighted by Gasteiger charge is 2.11. The van der Waals surface area contributed by atoms with Gasteiger partial charge < -0.3 is 5.32 Å². The third kappa shape index (κ3) is 7.34. The molecule has 1 N–H and O–H groups in total. The lowest BCUT2D eigenvalue weighted by atomic mass is 10.1. The zero-order valence-corrected chi connectivity index (χ0v) is 13.5. The van der Waals surface area contributed by atoms with Crippen LogP contribution in [0.1, 0.15) is 51.7 Å². The molecule has 1 fully saturated rings. The predicted octanol–water partition coefficient (Wildman–Crippen LogP) is 4.05. The average Bonchev–Trinajstić information content (AvgIpc) is 2.97. The Balaban J connectivity index is 0.000000741. The molecule has 0 aliphatic carbocycles. The lowest BCUT2D eigenvalue weighted by molar-refractivity contribution is 0.331. The van der Waals surface area contributed by atoms with Gasteiger partial charge in [0.1, 0.15) is 0 Å². The van der Waals surface area contributed by atoms with Crippen LogP contribution in [0.3, 0.4) is 0 Å². The van der Waals surface area contributed by atoms with Gasteiger partial charge >= 0.3 is 0 Å². The molecule has 2 rings (SSSR count). The van der Waals surface area contributed by atoms with Crippen molar-refractivity contribution in [3.05, 3.63) is 35.4 Å². The minimum absolute atomic E-state index is 0.966. The Hall–Kier alpha value is -0.860. The third-order valence-corrected chi connectivity index (χ3v) is 2.98. The molecule has 0 bridgehead atoms. The van der Waals surface area contributed by atoms with E-state index in [2.05, 4.69) is 34.5 Å². The minimum Gasteiger partial charge on any atom is -0.316 e. The van der Waals surface area contributed by atoms with Gasteiger partial charge in [-0.25, -0.2) is 0 Å². The van der Waals surface area contributed by atoms with Gasteiger partial charge in [-0.3, -0.25) is 4.90 Å². The van der Waals surface area contributed by atoms with Crippen molar-refractivity contribution in [3.8, 4) is 0 Å². The molecule has 110 valence electrons. The molecule has 0 saturated carbocycles. The zero-order chi connectivity index (χ0) is 14.5. The molecule has 1 aromatic rings.